The smallest absolute Gasteiger partial charge is 0.416 e. The summed E-state index contributed by atoms with van der Waals surface area (Å²) >= 11 is 0. The molecule has 0 fully saturated rings. The van der Waals surface area contributed by atoms with Crippen LogP contribution in [-0.2, 0) is 12.7 Å². The Morgan fingerprint density at radius 1 is 1.03 bits per heavy atom. The normalized spacial score (nSPS) is 12.8. The van der Waals surface area contributed by atoms with Gasteiger partial charge in [-0.05, 0) is 36.8 Å². The third kappa shape index (κ3) is 4.21. The molecule has 0 spiro atoms. The first-order chi connectivity index (χ1) is 15.9. The zero-order valence-corrected chi connectivity index (χ0v) is 17.5. The largest absolute Gasteiger partial charge is 0.454 e. The van der Waals surface area contributed by atoms with Gasteiger partial charge >= 0.3 is 6.18 Å². The Morgan fingerprint density at radius 2 is 1.82 bits per heavy atom. The van der Waals surface area contributed by atoms with Crippen molar-refractivity contribution in [3.05, 3.63) is 59.9 Å². The number of imidazole rings is 1. The Morgan fingerprint density at radius 3 is 2.58 bits per heavy atom. The molecule has 1 aliphatic rings. The van der Waals surface area contributed by atoms with Crippen LogP contribution in [0.15, 0.2) is 48.8 Å². The van der Waals surface area contributed by atoms with Gasteiger partial charge in [-0.3, -0.25) is 0 Å². The molecule has 0 atom stereocenters. The molecule has 170 valence electrons. The molecule has 0 unspecified atom stereocenters. The predicted molar refractivity (Wildman–Crippen MR) is 116 cm³/mol. The summed E-state index contributed by atoms with van der Waals surface area (Å²) in [5, 5.41) is 6.35. The molecule has 11 heteroatoms. The first kappa shape index (κ1) is 20.9. The van der Waals surface area contributed by atoms with E-state index in [4.69, 9.17) is 9.47 Å². The number of anilines is 3. The van der Waals surface area contributed by atoms with Crippen LogP contribution >= 0.6 is 0 Å². The highest BCUT2D eigenvalue weighted by molar-refractivity contribution is 5.86. The summed E-state index contributed by atoms with van der Waals surface area (Å²) in [6.45, 7) is 3.02. The maximum Gasteiger partial charge on any atom is 0.416 e. The van der Waals surface area contributed by atoms with Gasteiger partial charge in [0.2, 0.25) is 12.7 Å². The zero-order valence-electron chi connectivity index (χ0n) is 17.5. The number of hydrogen-bond donors (Lipinski definition) is 2. The molecule has 2 N–H and O–H groups in total. The molecule has 8 nitrogen and oxygen atoms in total. The number of rotatable bonds is 6. The Balaban J connectivity index is 1.48. The Kier molecular flexibility index (Phi) is 5.15. The first-order valence-electron chi connectivity index (χ1n) is 10.2. The summed E-state index contributed by atoms with van der Waals surface area (Å²) in [6, 6.07) is 10.5. The van der Waals surface area contributed by atoms with E-state index in [1.807, 2.05) is 19.1 Å². The second-order valence-corrected chi connectivity index (χ2v) is 7.36. The predicted octanol–water partition coefficient (Wildman–Crippen LogP) is 4.80. The van der Waals surface area contributed by atoms with Crippen LogP contribution in [0.25, 0.3) is 11.2 Å². The number of halogens is 3. The minimum absolute atomic E-state index is 0.176. The van der Waals surface area contributed by atoms with Crippen LogP contribution in [0.1, 0.15) is 18.1 Å². The van der Waals surface area contributed by atoms with Gasteiger partial charge in [-0.2, -0.15) is 23.1 Å². The fraction of sp³-hybridized carbons (Fsp3) is 0.227. The van der Waals surface area contributed by atoms with Gasteiger partial charge in [-0.15, -0.1) is 0 Å². The fourth-order valence-corrected chi connectivity index (χ4v) is 3.49. The molecule has 5 rings (SSSR count). The van der Waals surface area contributed by atoms with Crippen molar-refractivity contribution in [1.29, 1.82) is 0 Å². The van der Waals surface area contributed by atoms with Crippen LogP contribution in [0, 0.1) is 0 Å². The van der Waals surface area contributed by atoms with Gasteiger partial charge in [0, 0.05) is 18.3 Å². The highest BCUT2D eigenvalue weighted by atomic mass is 19.4. The van der Waals surface area contributed by atoms with E-state index in [-0.39, 0.29) is 6.79 Å². The monoisotopic (exact) mass is 456 g/mol. The summed E-state index contributed by atoms with van der Waals surface area (Å²) in [5.74, 6) is 2.19. The van der Waals surface area contributed by atoms with Gasteiger partial charge in [0.15, 0.2) is 28.5 Å². The lowest BCUT2D eigenvalue weighted by molar-refractivity contribution is -0.137. The van der Waals surface area contributed by atoms with Crippen LogP contribution in [0.3, 0.4) is 0 Å². The SMILES string of the molecule is CCNc1nc(Nc2ccc3c(c2)OCO3)c2ncn(Cc3ccc(C(F)(F)F)cc3)c2n1. The minimum Gasteiger partial charge on any atom is -0.454 e. The van der Waals surface area contributed by atoms with E-state index in [1.54, 1.807) is 17.0 Å². The third-order valence-electron chi connectivity index (χ3n) is 5.07. The average molecular weight is 456 g/mol. The minimum atomic E-state index is -4.37. The van der Waals surface area contributed by atoms with E-state index in [0.29, 0.717) is 53.1 Å². The lowest BCUT2D eigenvalue weighted by Crippen LogP contribution is -2.08. The molecule has 33 heavy (non-hydrogen) atoms. The van der Waals surface area contributed by atoms with Gasteiger partial charge in [0.1, 0.15) is 0 Å². The molecular formula is C22H19F3N6O2. The highest BCUT2D eigenvalue weighted by Gasteiger charge is 2.30. The fourth-order valence-electron chi connectivity index (χ4n) is 3.49. The number of nitrogens with one attached hydrogen (secondary N) is 2. The van der Waals surface area contributed by atoms with Gasteiger partial charge in [0.05, 0.1) is 18.4 Å². The van der Waals surface area contributed by atoms with E-state index in [2.05, 4.69) is 25.6 Å². The first-order valence-corrected chi connectivity index (χ1v) is 10.2. The summed E-state index contributed by atoms with van der Waals surface area (Å²) in [6.07, 6.45) is -2.78. The van der Waals surface area contributed by atoms with Crippen LogP contribution in [0.4, 0.5) is 30.6 Å². The van der Waals surface area contributed by atoms with Crippen molar-refractivity contribution < 1.29 is 22.6 Å². The Labute approximate surface area is 186 Å². The molecule has 4 aromatic rings. The molecule has 0 bridgehead atoms. The molecule has 0 amide bonds. The van der Waals surface area contributed by atoms with Gasteiger partial charge in [-0.25, -0.2) is 4.98 Å². The Bertz CT molecular complexity index is 1300. The summed E-state index contributed by atoms with van der Waals surface area (Å²) < 4.78 is 51.1. The number of benzene rings is 2. The van der Waals surface area contributed by atoms with Crippen LogP contribution in [-0.4, -0.2) is 32.9 Å². The molecule has 2 aromatic heterocycles. The quantitative estimate of drug-likeness (QED) is 0.431. The van der Waals surface area contributed by atoms with Crippen molar-refractivity contribution >= 4 is 28.6 Å². The summed E-state index contributed by atoms with van der Waals surface area (Å²) in [7, 11) is 0. The number of aromatic nitrogens is 4. The van der Waals surface area contributed by atoms with Crippen molar-refractivity contribution in [2.45, 2.75) is 19.6 Å². The van der Waals surface area contributed by atoms with E-state index in [1.165, 1.54) is 12.1 Å². The average Bonchev–Trinajstić information content (AvgIpc) is 3.41. The van der Waals surface area contributed by atoms with Crippen LogP contribution < -0.4 is 20.1 Å². The molecule has 0 radical (unpaired) electrons. The topological polar surface area (TPSA) is 86.1 Å². The molecule has 1 aliphatic heterocycles. The van der Waals surface area contributed by atoms with E-state index in [0.717, 1.165) is 17.8 Å². The molecule has 0 saturated heterocycles. The molecular weight excluding hydrogens is 437 g/mol. The number of ether oxygens (including phenoxy) is 2. The van der Waals surface area contributed by atoms with Crippen LogP contribution in [0.2, 0.25) is 0 Å². The van der Waals surface area contributed by atoms with Crippen molar-refractivity contribution in [1.82, 2.24) is 19.5 Å². The molecule has 3 heterocycles. The molecule has 2 aromatic carbocycles. The highest BCUT2D eigenvalue weighted by Crippen LogP contribution is 2.36. The summed E-state index contributed by atoms with van der Waals surface area (Å²) in [5.41, 5.74) is 1.81. The zero-order chi connectivity index (χ0) is 23.0. The molecule has 0 aliphatic carbocycles. The number of alkyl halides is 3. The number of nitrogens with zero attached hydrogens (tertiary/aromatic N) is 4. The van der Waals surface area contributed by atoms with Gasteiger partial charge in [0.25, 0.3) is 0 Å². The van der Waals surface area contributed by atoms with Crippen LogP contribution in [0.5, 0.6) is 11.5 Å². The summed E-state index contributed by atoms with van der Waals surface area (Å²) in [4.78, 5) is 13.5. The standard InChI is InChI=1S/C22H19F3N6O2/c1-2-26-21-29-19(28-15-7-8-16-17(9-15)33-12-32-16)18-20(30-21)31(11-27-18)10-13-3-5-14(6-4-13)22(23,24)25/h3-9,11H,2,10,12H2,1H3,(H2,26,28,29,30). The second kappa shape index (κ2) is 8.15. The van der Waals surface area contributed by atoms with E-state index < -0.39 is 11.7 Å². The van der Waals surface area contributed by atoms with Gasteiger partial charge < -0.3 is 24.7 Å². The van der Waals surface area contributed by atoms with Crippen molar-refractivity contribution in [2.75, 3.05) is 24.0 Å². The van der Waals surface area contributed by atoms with Crippen molar-refractivity contribution in [3.8, 4) is 11.5 Å². The van der Waals surface area contributed by atoms with Crippen molar-refractivity contribution in [2.24, 2.45) is 0 Å². The molecule has 0 saturated carbocycles. The lowest BCUT2D eigenvalue weighted by Gasteiger charge is -2.11. The maximum atomic E-state index is 12.9. The maximum absolute atomic E-state index is 12.9. The lowest BCUT2D eigenvalue weighted by atomic mass is 10.1. The van der Waals surface area contributed by atoms with Gasteiger partial charge in [-0.1, -0.05) is 12.1 Å². The Hall–Kier alpha value is -4.02. The number of hydrogen-bond acceptors (Lipinski definition) is 7. The van der Waals surface area contributed by atoms with E-state index in [9.17, 15) is 13.2 Å². The van der Waals surface area contributed by atoms with Crippen molar-refractivity contribution in [3.63, 3.8) is 0 Å². The third-order valence-corrected chi connectivity index (χ3v) is 5.07. The van der Waals surface area contributed by atoms with E-state index >= 15 is 0 Å². The number of fused-ring (bicyclic) bond motifs is 2. The second-order valence-electron chi connectivity index (χ2n) is 7.36.